The lowest BCUT2D eigenvalue weighted by Crippen LogP contribution is -2.11. The highest BCUT2D eigenvalue weighted by molar-refractivity contribution is 6.04. The molecule has 0 unspecified atom stereocenters. The van der Waals surface area contributed by atoms with Crippen molar-refractivity contribution in [3.8, 4) is 22.8 Å². The van der Waals surface area contributed by atoms with E-state index in [0.717, 1.165) is 17.0 Å². The van der Waals surface area contributed by atoms with E-state index in [1.807, 2.05) is 24.3 Å². The lowest BCUT2D eigenvalue weighted by molar-refractivity contribution is 0.102. The number of aromatic amines is 2. The van der Waals surface area contributed by atoms with E-state index in [4.69, 9.17) is 0 Å². The van der Waals surface area contributed by atoms with E-state index >= 15 is 0 Å². The Balaban J connectivity index is 1.46. The van der Waals surface area contributed by atoms with Gasteiger partial charge in [0.25, 0.3) is 5.91 Å². The predicted octanol–water partition coefficient (Wildman–Crippen LogP) is 2.51. The highest BCUT2D eigenvalue weighted by Gasteiger charge is 2.08. The van der Waals surface area contributed by atoms with Crippen LogP contribution < -0.4 is 5.32 Å². The van der Waals surface area contributed by atoms with Gasteiger partial charge in [-0.1, -0.05) is 12.1 Å². The Morgan fingerprint density at radius 2 is 1.72 bits per heavy atom. The van der Waals surface area contributed by atoms with Crippen LogP contribution in [0.3, 0.4) is 0 Å². The van der Waals surface area contributed by atoms with Crippen molar-refractivity contribution in [2.24, 2.45) is 0 Å². The standard InChI is InChI=1S/C17H13N7O/c25-17(13-3-1-11(2-4-13)15-18-9-10-19-15)20-14-7-5-12(6-8-14)16-21-23-24-22-16/h1-10H,(H,18,19)(H,20,25)(H,21,22,23,24). The number of rotatable bonds is 4. The smallest absolute Gasteiger partial charge is 0.255 e. The van der Waals surface area contributed by atoms with Crippen LogP contribution >= 0.6 is 0 Å². The van der Waals surface area contributed by atoms with Gasteiger partial charge in [0.15, 0.2) is 0 Å². The zero-order chi connectivity index (χ0) is 17.1. The summed E-state index contributed by atoms with van der Waals surface area (Å²) in [6, 6.07) is 14.5. The fourth-order valence-corrected chi connectivity index (χ4v) is 2.39. The fourth-order valence-electron chi connectivity index (χ4n) is 2.39. The van der Waals surface area contributed by atoms with Crippen molar-refractivity contribution in [3.63, 3.8) is 0 Å². The second-order valence-electron chi connectivity index (χ2n) is 5.28. The topological polar surface area (TPSA) is 112 Å². The first kappa shape index (κ1) is 14.8. The summed E-state index contributed by atoms with van der Waals surface area (Å²) < 4.78 is 0. The molecule has 122 valence electrons. The minimum absolute atomic E-state index is 0.182. The molecule has 0 atom stereocenters. The first-order valence-corrected chi connectivity index (χ1v) is 7.55. The third-order valence-corrected chi connectivity index (χ3v) is 3.67. The van der Waals surface area contributed by atoms with E-state index in [-0.39, 0.29) is 5.91 Å². The van der Waals surface area contributed by atoms with Crippen LogP contribution in [-0.2, 0) is 0 Å². The number of imidazole rings is 1. The Kier molecular flexibility index (Phi) is 3.76. The molecule has 2 aromatic carbocycles. The molecule has 25 heavy (non-hydrogen) atoms. The largest absolute Gasteiger partial charge is 0.345 e. The molecule has 0 saturated heterocycles. The van der Waals surface area contributed by atoms with Crippen LogP contribution in [0.1, 0.15) is 10.4 Å². The predicted molar refractivity (Wildman–Crippen MR) is 91.6 cm³/mol. The number of H-pyrrole nitrogens is 2. The van der Waals surface area contributed by atoms with Crippen LogP contribution in [0.15, 0.2) is 60.9 Å². The second-order valence-corrected chi connectivity index (χ2v) is 5.28. The van der Waals surface area contributed by atoms with E-state index < -0.39 is 0 Å². The van der Waals surface area contributed by atoms with Crippen molar-refractivity contribution >= 4 is 11.6 Å². The normalized spacial score (nSPS) is 10.6. The summed E-state index contributed by atoms with van der Waals surface area (Å²) in [5.41, 5.74) is 2.99. The molecule has 0 bridgehead atoms. The van der Waals surface area contributed by atoms with Crippen molar-refractivity contribution in [2.45, 2.75) is 0 Å². The molecule has 2 aromatic heterocycles. The Bertz CT molecular complexity index is 959. The van der Waals surface area contributed by atoms with Gasteiger partial charge in [-0.15, -0.1) is 10.2 Å². The molecule has 0 fully saturated rings. The lowest BCUT2D eigenvalue weighted by atomic mass is 10.1. The molecular formula is C17H13N7O. The van der Waals surface area contributed by atoms with Gasteiger partial charge in [0.2, 0.25) is 5.82 Å². The Labute approximate surface area is 142 Å². The molecule has 0 aliphatic heterocycles. The zero-order valence-electron chi connectivity index (χ0n) is 13.0. The molecule has 0 saturated carbocycles. The van der Waals surface area contributed by atoms with Gasteiger partial charge in [0, 0.05) is 34.8 Å². The molecule has 2 heterocycles. The number of nitrogens with zero attached hydrogens (tertiary/aromatic N) is 4. The second kappa shape index (κ2) is 6.36. The first-order valence-electron chi connectivity index (χ1n) is 7.55. The molecule has 0 spiro atoms. The maximum atomic E-state index is 12.4. The highest BCUT2D eigenvalue weighted by atomic mass is 16.1. The average Bonchev–Trinajstić information content (AvgIpc) is 3.36. The number of carbonyl (C=O) groups excluding carboxylic acids is 1. The number of aromatic nitrogens is 6. The van der Waals surface area contributed by atoms with Crippen LogP contribution in [0.4, 0.5) is 5.69 Å². The van der Waals surface area contributed by atoms with Crippen LogP contribution in [0.5, 0.6) is 0 Å². The molecule has 0 aliphatic rings. The molecule has 4 aromatic rings. The van der Waals surface area contributed by atoms with Crippen molar-refractivity contribution in [2.75, 3.05) is 5.32 Å². The van der Waals surface area contributed by atoms with Crippen LogP contribution in [0.2, 0.25) is 0 Å². The molecule has 8 nitrogen and oxygen atoms in total. The monoisotopic (exact) mass is 331 g/mol. The van der Waals surface area contributed by atoms with Gasteiger partial charge in [-0.25, -0.2) is 4.98 Å². The Morgan fingerprint density at radius 3 is 2.36 bits per heavy atom. The maximum absolute atomic E-state index is 12.4. The summed E-state index contributed by atoms with van der Waals surface area (Å²) in [6.45, 7) is 0. The van der Waals surface area contributed by atoms with E-state index in [2.05, 4.69) is 35.9 Å². The minimum Gasteiger partial charge on any atom is -0.345 e. The van der Waals surface area contributed by atoms with Gasteiger partial charge >= 0.3 is 0 Å². The van der Waals surface area contributed by atoms with Crippen LogP contribution in [-0.4, -0.2) is 36.5 Å². The van der Waals surface area contributed by atoms with Gasteiger partial charge in [-0.3, -0.25) is 4.79 Å². The third kappa shape index (κ3) is 3.13. The van der Waals surface area contributed by atoms with E-state index in [0.29, 0.717) is 17.1 Å². The molecule has 4 rings (SSSR count). The maximum Gasteiger partial charge on any atom is 0.255 e. The number of hydrogen-bond acceptors (Lipinski definition) is 5. The highest BCUT2D eigenvalue weighted by Crippen LogP contribution is 2.19. The number of benzene rings is 2. The van der Waals surface area contributed by atoms with E-state index in [1.165, 1.54) is 0 Å². The van der Waals surface area contributed by atoms with Crippen LogP contribution in [0.25, 0.3) is 22.8 Å². The summed E-state index contributed by atoms with van der Waals surface area (Å²) in [5, 5.41) is 16.6. The SMILES string of the molecule is O=C(Nc1ccc(-c2nn[nH]n2)cc1)c1ccc(-c2ncc[nH]2)cc1. The van der Waals surface area contributed by atoms with E-state index in [9.17, 15) is 4.79 Å². The fraction of sp³-hybridized carbons (Fsp3) is 0. The van der Waals surface area contributed by atoms with Crippen molar-refractivity contribution in [1.82, 2.24) is 30.6 Å². The molecule has 0 aliphatic carbocycles. The summed E-state index contributed by atoms with van der Waals surface area (Å²) in [7, 11) is 0. The number of hydrogen-bond donors (Lipinski definition) is 3. The summed E-state index contributed by atoms with van der Waals surface area (Å²) in [6.07, 6.45) is 3.45. The average molecular weight is 331 g/mol. The Hall–Kier alpha value is -3.81. The molecule has 1 amide bonds. The summed E-state index contributed by atoms with van der Waals surface area (Å²) in [4.78, 5) is 19.6. The first-order chi connectivity index (χ1) is 12.3. The van der Waals surface area contributed by atoms with Gasteiger partial charge < -0.3 is 10.3 Å². The zero-order valence-corrected chi connectivity index (χ0v) is 13.0. The van der Waals surface area contributed by atoms with Crippen LogP contribution in [0, 0.1) is 0 Å². The Morgan fingerprint density at radius 1 is 0.960 bits per heavy atom. The number of amides is 1. The lowest BCUT2D eigenvalue weighted by Gasteiger charge is -2.06. The van der Waals surface area contributed by atoms with Gasteiger partial charge in [-0.2, -0.15) is 5.21 Å². The van der Waals surface area contributed by atoms with Gasteiger partial charge in [-0.05, 0) is 41.6 Å². The van der Waals surface area contributed by atoms with Gasteiger partial charge in [0.05, 0.1) is 0 Å². The molecule has 8 heteroatoms. The molecular weight excluding hydrogens is 318 g/mol. The number of carbonyl (C=O) groups is 1. The molecule has 0 radical (unpaired) electrons. The third-order valence-electron chi connectivity index (χ3n) is 3.67. The van der Waals surface area contributed by atoms with E-state index in [1.54, 1.807) is 36.7 Å². The van der Waals surface area contributed by atoms with Gasteiger partial charge in [0.1, 0.15) is 5.82 Å². The summed E-state index contributed by atoms with van der Waals surface area (Å²) >= 11 is 0. The summed E-state index contributed by atoms with van der Waals surface area (Å²) in [5.74, 6) is 1.09. The van der Waals surface area contributed by atoms with Crippen molar-refractivity contribution in [3.05, 3.63) is 66.5 Å². The quantitative estimate of drug-likeness (QED) is 0.532. The molecule has 3 N–H and O–H groups in total. The minimum atomic E-state index is -0.182. The number of anilines is 1. The number of tetrazole rings is 1. The van der Waals surface area contributed by atoms with Crippen molar-refractivity contribution in [1.29, 1.82) is 0 Å². The van der Waals surface area contributed by atoms with Crippen molar-refractivity contribution < 1.29 is 4.79 Å². The number of nitrogens with one attached hydrogen (secondary N) is 3.